The highest BCUT2D eigenvalue weighted by Crippen LogP contribution is 2.37. The lowest BCUT2D eigenvalue weighted by atomic mass is 9.71. The molecule has 0 radical (unpaired) electrons. The Bertz CT molecular complexity index is 848. The van der Waals surface area contributed by atoms with E-state index >= 15 is 0 Å². The van der Waals surface area contributed by atoms with E-state index in [9.17, 15) is 34.5 Å². The lowest BCUT2D eigenvalue weighted by Crippen LogP contribution is -2.71. The SMILES string of the molecule is CCCCC=CCCCCCCCC(=O)C(O)(C(=O)C(O)CCCCCCCCCCCCCCC)C1(O)C(=O)CCC1=O. The molecule has 1 fully saturated rings. The molecule has 1 aliphatic rings. The second-order valence-corrected chi connectivity index (χ2v) is 13.0. The highest BCUT2D eigenvalue weighted by atomic mass is 16.4. The van der Waals surface area contributed by atoms with Crippen molar-refractivity contribution in [3.05, 3.63) is 12.2 Å². The van der Waals surface area contributed by atoms with Gasteiger partial charge in [0.2, 0.25) is 17.0 Å². The third-order valence-electron chi connectivity index (χ3n) is 9.22. The molecule has 0 aromatic heterocycles. The molecule has 1 aliphatic carbocycles. The van der Waals surface area contributed by atoms with Gasteiger partial charge in [-0.15, -0.1) is 0 Å². The van der Waals surface area contributed by atoms with Gasteiger partial charge < -0.3 is 15.3 Å². The van der Waals surface area contributed by atoms with Crippen molar-refractivity contribution in [2.45, 2.75) is 198 Å². The standard InChI is InChI=1S/C37H64O7/c1-3-5-7-9-11-13-15-16-18-19-21-23-25-27-31(38)35(42)37(44,36(43)33(40)29-30-34(36)41)32(39)28-26-24-22-20-17-14-12-10-8-6-4-2/h10,12,31,38,43-44H,3-9,11,13-30H2,1-2H3. The zero-order valence-corrected chi connectivity index (χ0v) is 28.1. The summed E-state index contributed by atoms with van der Waals surface area (Å²) in [5.74, 6) is -4.46. The molecule has 0 heterocycles. The summed E-state index contributed by atoms with van der Waals surface area (Å²) in [6, 6.07) is 0. The summed E-state index contributed by atoms with van der Waals surface area (Å²) in [5, 5.41) is 33.2. The van der Waals surface area contributed by atoms with Crippen LogP contribution in [0.2, 0.25) is 0 Å². The molecule has 2 unspecified atom stereocenters. The summed E-state index contributed by atoms with van der Waals surface area (Å²) in [6.45, 7) is 4.40. The minimum Gasteiger partial charge on any atom is -0.385 e. The number of allylic oxidation sites excluding steroid dienone is 2. The summed E-state index contributed by atoms with van der Waals surface area (Å²) in [5.41, 5.74) is -6.38. The fourth-order valence-corrected chi connectivity index (χ4v) is 6.21. The second kappa shape index (κ2) is 23.6. The molecular formula is C37H64O7. The maximum atomic E-state index is 13.3. The monoisotopic (exact) mass is 620 g/mol. The average molecular weight is 621 g/mol. The van der Waals surface area contributed by atoms with Gasteiger partial charge in [-0.2, -0.15) is 0 Å². The largest absolute Gasteiger partial charge is 0.385 e. The number of unbranched alkanes of at least 4 members (excludes halogenated alkanes) is 19. The summed E-state index contributed by atoms with van der Waals surface area (Å²) in [4.78, 5) is 51.9. The highest BCUT2D eigenvalue weighted by Gasteiger charge is 2.69. The van der Waals surface area contributed by atoms with Crippen LogP contribution in [-0.2, 0) is 19.2 Å². The predicted molar refractivity (Wildman–Crippen MR) is 176 cm³/mol. The van der Waals surface area contributed by atoms with E-state index in [1.165, 1.54) is 64.2 Å². The van der Waals surface area contributed by atoms with Gasteiger partial charge in [-0.25, -0.2) is 0 Å². The number of carbonyl (C=O) groups excluding carboxylic acids is 4. The second-order valence-electron chi connectivity index (χ2n) is 13.0. The van der Waals surface area contributed by atoms with Gasteiger partial charge in [0.1, 0.15) is 6.10 Å². The molecule has 254 valence electrons. The molecular weight excluding hydrogens is 556 g/mol. The first-order chi connectivity index (χ1) is 21.2. The quantitative estimate of drug-likeness (QED) is 0.0441. The molecule has 44 heavy (non-hydrogen) atoms. The van der Waals surface area contributed by atoms with Crippen LogP contribution in [0.1, 0.15) is 181 Å². The van der Waals surface area contributed by atoms with Gasteiger partial charge in [0.15, 0.2) is 17.3 Å². The summed E-state index contributed by atoms with van der Waals surface area (Å²) >= 11 is 0. The Labute approximate surface area is 267 Å². The summed E-state index contributed by atoms with van der Waals surface area (Å²) in [6.07, 6.45) is 24.9. The Hall–Kier alpha value is -1.70. The van der Waals surface area contributed by atoms with Gasteiger partial charge >= 0.3 is 0 Å². The number of hydrogen-bond donors (Lipinski definition) is 3. The molecule has 0 aromatic carbocycles. The van der Waals surface area contributed by atoms with Gasteiger partial charge in [-0.1, -0.05) is 142 Å². The van der Waals surface area contributed by atoms with E-state index in [0.717, 1.165) is 57.8 Å². The average Bonchev–Trinajstić information content (AvgIpc) is 3.29. The first kappa shape index (κ1) is 40.3. The van der Waals surface area contributed by atoms with Crippen LogP contribution in [0.3, 0.4) is 0 Å². The van der Waals surface area contributed by atoms with Crippen molar-refractivity contribution in [3.63, 3.8) is 0 Å². The number of rotatable bonds is 29. The normalized spacial score (nSPS) is 16.9. The third kappa shape index (κ3) is 13.3. The van der Waals surface area contributed by atoms with E-state index in [-0.39, 0.29) is 25.7 Å². The third-order valence-corrected chi connectivity index (χ3v) is 9.22. The van der Waals surface area contributed by atoms with Crippen molar-refractivity contribution in [1.29, 1.82) is 0 Å². The Morgan fingerprint density at radius 2 is 1.09 bits per heavy atom. The first-order valence-electron chi connectivity index (χ1n) is 18.1. The molecule has 0 amide bonds. The maximum Gasteiger partial charge on any atom is 0.227 e. The zero-order chi connectivity index (χ0) is 32.7. The van der Waals surface area contributed by atoms with E-state index in [1.54, 1.807) is 0 Å². The fraction of sp³-hybridized carbons (Fsp3) is 0.838. The van der Waals surface area contributed by atoms with Gasteiger partial charge in [0.25, 0.3) is 0 Å². The lowest BCUT2D eigenvalue weighted by molar-refractivity contribution is -0.190. The van der Waals surface area contributed by atoms with Crippen molar-refractivity contribution in [2.75, 3.05) is 0 Å². The minimum absolute atomic E-state index is 0.00245. The molecule has 7 nitrogen and oxygen atoms in total. The van der Waals surface area contributed by atoms with Gasteiger partial charge in [-0.05, 0) is 32.1 Å². The molecule has 2 atom stereocenters. The summed E-state index contributed by atoms with van der Waals surface area (Å²) < 4.78 is 0. The Morgan fingerprint density at radius 1 is 0.682 bits per heavy atom. The number of carbonyl (C=O) groups is 4. The van der Waals surface area contributed by atoms with Crippen LogP contribution in [0.4, 0.5) is 0 Å². The Kier molecular flexibility index (Phi) is 21.6. The van der Waals surface area contributed by atoms with Crippen LogP contribution in [0.15, 0.2) is 12.2 Å². The van der Waals surface area contributed by atoms with E-state index < -0.39 is 40.4 Å². The zero-order valence-electron chi connectivity index (χ0n) is 28.1. The van der Waals surface area contributed by atoms with Crippen molar-refractivity contribution < 1.29 is 34.5 Å². The van der Waals surface area contributed by atoms with Crippen molar-refractivity contribution in [3.8, 4) is 0 Å². The fourth-order valence-electron chi connectivity index (χ4n) is 6.21. The van der Waals surface area contributed by atoms with Crippen molar-refractivity contribution in [2.24, 2.45) is 0 Å². The van der Waals surface area contributed by atoms with Gasteiger partial charge in [0.05, 0.1) is 0 Å². The molecule has 7 heteroatoms. The van der Waals surface area contributed by atoms with Crippen molar-refractivity contribution >= 4 is 23.1 Å². The molecule has 0 aliphatic heterocycles. The predicted octanol–water partition coefficient (Wildman–Crippen LogP) is 7.84. The van der Waals surface area contributed by atoms with Crippen LogP contribution in [0, 0.1) is 0 Å². The number of hydrogen-bond acceptors (Lipinski definition) is 7. The van der Waals surface area contributed by atoms with Crippen LogP contribution in [0.25, 0.3) is 0 Å². The van der Waals surface area contributed by atoms with Crippen LogP contribution >= 0.6 is 0 Å². The Morgan fingerprint density at radius 3 is 1.59 bits per heavy atom. The van der Waals surface area contributed by atoms with Crippen molar-refractivity contribution in [1.82, 2.24) is 0 Å². The highest BCUT2D eigenvalue weighted by molar-refractivity contribution is 6.28. The molecule has 0 aromatic rings. The van der Waals surface area contributed by atoms with Crippen LogP contribution in [-0.4, -0.2) is 55.8 Å². The number of aliphatic hydroxyl groups excluding tert-OH is 1. The molecule has 0 bridgehead atoms. The number of aliphatic hydroxyl groups is 3. The van der Waals surface area contributed by atoms with E-state index in [0.29, 0.717) is 19.3 Å². The minimum atomic E-state index is -3.25. The van der Waals surface area contributed by atoms with E-state index in [4.69, 9.17) is 0 Å². The van der Waals surface area contributed by atoms with Crippen LogP contribution < -0.4 is 0 Å². The molecule has 1 rings (SSSR count). The van der Waals surface area contributed by atoms with Crippen LogP contribution in [0.5, 0.6) is 0 Å². The molecule has 0 spiro atoms. The van der Waals surface area contributed by atoms with E-state index in [1.807, 2.05) is 0 Å². The molecule has 3 N–H and O–H groups in total. The molecule has 0 saturated heterocycles. The van der Waals surface area contributed by atoms with E-state index in [2.05, 4.69) is 26.0 Å². The number of Topliss-reactive ketones (excluding diaryl/α,β-unsaturated/α-hetero) is 4. The first-order valence-corrected chi connectivity index (χ1v) is 18.1. The molecule has 1 saturated carbocycles. The van der Waals surface area contributed by atoms with Gasteiger partial charge in [0, 0.05) is 19.3 Å². The maximum absolute atomic E-state index is 13.3. The Balaban J connectivity index is 2.51. The topological polar surface area (TPSA) is 129 Å². The van der Waals surface area contributed by atoms with Gasteiger partial charge in [-0.3, -0.25) is 19.2 Å². The lowest BCUT2D eigenvalue weighted by Gasteiger charge is -2.37. The number of ketones is 4. The summed E-state index contributed by atoms with van der Waals surface area (Å²) in [7, 11) is 0. The smallest absolute Gasteiger partial charge is 0.227 e.